The lowest BCUT2D eigenvalue weighted by Gasteiger charge is -2.34. The van der Waals surface area contributed by atoms with Crippen molar-refractivity contribution in [3.8, 4) is 0 Å². The van der Waals surface area contributed by atoms with Crippen LogP contribution in [0, 0.1) is 0 Å². The van der Waals surface area contributed by atoms with E-state index in [2.05, 4.69) is 35.1 Å². The third kappa shape index (κ3) is 2.76. The fraction of sp³-hybridized carbons (Fsp3) is 0.615. The molecule has 1 fully saturated rings. The van der Waals surface area contributed by atoms with Gasteiger partial charge in [-0.05, 0) is 27.0 Å². The minimum absolute atomic E-state index is 0.281. The zero-order valence-electron chi connectivity index (χ0n) is 10.8. The van der Waals surface area contributed by atoms with Crippen LogP contribution in [-0.2, 0) is 4.74 Å². The van der Waals surface area contributed by atoms with Crippen LogP contribution < -0.4 is 10.2 Å². The first-order valence-corrected chi connectivity index (χ1v) is 6.21. The molecule has 2 atom stereocenters. The summed E-state index contributed by atoms with van der Waals surface area (Å²) >= 11 is 0. The summed E-state index contributed by atoms with van der Waals surface area (Å²) in [6.45, 7) is 6.89. The quantitative estimate of drug-likeness (QED) is 0.863. The van der Waals surface area contributed by atoms with Crippen LogP contribution in [0.5, 0.6) is 0 Å². The highest BCUT2D eigenvalue weighted by Crippen LogP contribution is 2.24. The van der Waals surface area contributed by atoms with E-state index in [4.69, 9.17) is 4.74 Å². The fourth-order valence-corrected chi connectivity index (χ4v) is 2.18. The Morgan fingerprint density at radius 2 is 2.41 bits per heavy atom. The molecule has 0 aliphatic carbocycles. The maximum atomic E-state index is 5.57. The number of hydrogen-bond donors (Lipinski definition) is 1. The van der Waals surface area contributed by atoms with Gasteiger partial charge in [0.15, 0.2) is 0 Å². The normalized spacial score (nSPS) is 22.5. The van der Waals surface area contributed by atoms with E-state index < -0.39 is 0 Å². The molecule has 1 aliphatic heterocycles. The molecule has 2 unspecified atom stereocenters. The van der Waals surface area contributed by atoms with Gasteiger partial charge in [-0.15, -0.1) is 0 Å². The van der Waals surface area contributed by atoms with Crippen LogP contribution in [-0.4, -0.2) is 37.8 Å². The number of aromatic nitrogens is 1. The third-order valence-corrected chi connectivity index (χ3v) is 3.26. The van der Waals surface area contributed by atoms with Crippen molar-refractivity contribution in [2.24, 2.45) is 0 Å². The van der Waals surface area contributed by atoms with Crippen LogP contribution >= 0.6 is 0 Å². The molecule has 1 saturated heterocycles. The maximum absolute atomic E-state index is 5.57. The predicted molar refractivity (Wildman–Crippen MR) is 69.3 cm³/mol. The van der Waals surface area contributed by atoms with Gasteiger partial charge >= 0.3 is 0 Å². The summed E-state index contributed by atoms with van der Waals surface area (Å²) in [5, 5.41) is 3.27. The Morgan fingerprint density at radius 3 is 3.12 bits per heavy atom. The van der Waals surface area contributed by atoms with Gasteiger partial charge in [-0.2, -0.15) is 0 Å². The van der Waals surface area contributed by atoms with Gasteiger partial charge in [-0.1, -0.05) is 6.07 Å². The summed E-state index contributed by atoms with van der Waals surface area (Å²) < 4.78 is 5.57. The molecule has 4 heteroatoms. The topological polar surface area (TPSA) is 37.4 Å². The Hall–Kier alpha value is -1.13. The molecule has 2 heterocycles. The van der Waals surface area contributed by atoms with Crippen LogP contribution in [0.25, 0.3) is 0 Å². The average molecular weight is 235 g/mol. The summed E-state index contributed by atoms with van der Waals surface area (Å²) in [7, 11) is 1.98. The van der Waals surface area contributed by atoms with Gasteiger partial charge in [-0.3, -0.25) is 0 Å². The minimum atomic E-state index is 0.281. The highest BCUT2D eigenvalue weighted by Gasteiger charge is 2.21. The molecule has 0 bridgehead atoms. The van der Waals surface area contributed by atoms with Gasteiger partial charge in [0.2, 0.25) is 0 Å². The Bertz CT molecular complexity index is 369. The van der Waals surface area contributed by atoms with Crippen molar-refractivity contribution in [2.45, 2.75) is 26.0 Å². The lowest BCUT2D eigenvalue weighted by molar-refractivity contribution is 0.0528. The highest BCUT2D eigenvalue weighted by molar-refractivity contribution is 5.48. The SMILES string of the molecule is CNC(C)c1cccnc1N1CCOC(C)C1. The number of morpholine rings is 1. The van der Waals surface area contributed by atoms with E-state index in [9.17, 15) is 0 Å². The monoisotopic (exact) mass is 235 g/mol. The molecule has 4 nitrogen and oxygen atoms in total. The lowest BCUT2D eigenvalue weighted by Crippen LogP contribution is -2.42. The maximum Gasteiger partial charge on any atom is 0.133 e. The zero-order chi connectivity index (χ0) is 12.3. The number of hydrogen-bond acceptors (Lipinski definition) is 4. The molecular weight excluding hydrogens is 214 g/mol. The van der Waals surface area contributed by atoms with Crippen molar-refractivity contribution >= 4 is 5.82 Å². The van der Waals surface area contributed by atoms with Crippen molar-refractivity contribution in [3.05, 3.63) is 23.9 Å². The molecule has 2 rings (SSSR count). The number of nitrogens with zero attached hydrogens (tertiary/aromatic N) is 2. The molecule has 0 saturated carbocycles. The standard InChI is InChI=1S/C13H21N3O/c1-10-9-16(7-8-17-10)13-12(11(2)14-3)5-4-6-15-13/h4-6,10-11,14H,7-9H2,1-3H3. The van der Waals surface area contributed by atoms with Crippen LogP contribution in [0.15, 0.2) is 18.3 Å². The van der Waals surface area contributed by atoms with E-state index in [1.807, 2.05) is 19.3 Å². The first-order valence-electron chi connectivity index (χ1n) is 6.21. The first-order chi connectivity index (χ1) is 8.22. The van der Waals surface area contributed by atoms with E-state index in [-0.39, 0.29) is 6.10 Å². The number of rotatable bonds is 3. The van der Waals surface area contributed by atoms with Gasteiger partial charge in [0, 0.05) is 30.9 Å². The molecule has 1 aromatic heterocycles. The summed E-state index contributed by atoms with van der Waals surface area (Å²) in [6.07, 6.45) is 2.14. The largest absolute Gasteiger partial charge is 0.375 e. The number of ether oxygens (including phenoxy) is 1. The van der Waals surface area contributed by atoms with Gasteiger partial charge < -0.3 is 15.0 Å². The van der Waals surface area contributed by atoms with E-state index >= 15 is 0 Å². The zero-order valence-corrected chi connectivity index (χ0v) is 10.8. The second kappa shape index (κ2) is 5.47. The number of anilines is 1. The molecule has 1 aliphatic rings. The predicted octanol–water partition coefficient (Wildman–Crippen LogP) is 1.59. The second-order valence-corrected chi connectivity index (χ2v) is 4.55. The van der Waals surface area contributed by atoms with Crippen molar-refractivity contribution in [2.75, 3.05) is 31.6 Å². The number of pyridine rings is 1. The van der Waals surface area contributed by atoms with Crippen molar-refractivity contribution in [1.29, 1.82) is 0 Å². The van der Waals surface area contributed by atoms with Crippen LogP contribution in [0.4, 0.5) is 5.82 Å². The molecular formula is C13H21N3O. The summed E-state index contributed by atoms with van der Waals surface area (Å²) in [4.78, 5) is 6.85. The number of nitrogens with one attached hydrogen (secondary N) is 1. The smallest absolute Gasteiger partial charge is 0.133 e. The molecule has 0 radical (unpaired) electrons. The molecule has 1 N–H and O–H groups in total. The van der Waals surface area contributed by atoms with Crippen LogP contribution in [0.3, 0.4) is 0 Å². The molecule has 1 aromatic rings. The third-order valence-electron chi connectivity index (χ3n) is 3.26. The average Bonchev–Trinajstić information content (AvgIpc) is 2.38. The Morgan fingerprint density at radius 1 is 1.59 bits per heavy atom. The Balaban J connectivity index is 2.24. The van der Waals surface area contributed by atoms with Gasteiger partial charge in [0.1, 0.15) is 5.82 Å². The summed E-state index contributed by atoms with van der Waals surface area (Å²) in [5.74, 6) is 1.09. The minimum Gasteiger partial charge on any atom is -0.375 e. The van der Waals surface area contributed by atoms with E-state index in [1.54, 1.807) is 0 Å². The Labute approximate surface area is 103 Å². The van der Waals surface area contributed by atoms with Crippen LogP contribution in [0.1, 0.15) is 25.5 Å². The van der Waals surface area contributed by atoms with Gasteiger partial charge in [0.05, 0.1) is 12.7 Å². The van der Waals surface area contributed by atoms with E-state index in [0.717, 1.165) is 25.5 Å². The van der Waals surface area contributed by atoms with Gasteiger partial charge in [0.25, 0.3) is 0 Å². The van der Waals surface area contributed by atoms with E-state index in [0.29, 0.717) is 6.04 Å². The lowest BCUT2D eigenvalue weighted by atomic mass is 10.1. The molecule has 94 valence electrons. The first kappa shape index (κ1) is 12.3. The highest BCUT2D eigenvalue weighted by atomic mass is 16.5. The Kier molecular flexibility index (Phi) is 3.97. The van der Waals surface area contributed by atoms with Crippen molar-refractivity contribution < 1.29 is 4.74 Å². The second-order valence-electron chi connectivity index (χ2n) is 4.55. The van der Waals surface area contributed by atoms with Crippen molar-refractivity contribution in [1.82, 2.24) is 10.3 Å². The molecule has 0 aromatic carbocycles. The fourth-order valence-electron chi connectivity index (χ4n) is 2.18. The van der Waals surface area contributed by atoms with Crippen molar-refractivity contribution in [3.63, 3.8) is 0 Å². The summed E-state index contributed by atoms with van der Waals surface area (Å²) in [6, 6.07) is 4.46. The molecule has 0 spiro atoms. The van der Waals surface area contributed by atoms with Gasteiger partial charge in [-0.25, -0.2) is 4.98 Å². The molecule has 17 heavy (non-hydrogen) atoms. The van der Waals surface area contributed by atoms with Crippen LogP contribution in [0.2, 0.25) is 0 Å². The van der Waals surface area contributed by atoms with E-state index in [1.165, 1.54) is 5.56 Å². The molecule has 0 amide bonds. The summed E-state index contributed by atoms with van der Waals surface area (Å²) in [5.41, 5.74) is 1.25.